The molecule has 1 N–H and O–H groups in total. The van der Waals surface area contributed by atoms with Crippen LogP contribution in [-0.2, 0) is 0 Å². The van der Waals surface area contributed by atoms with Crippen LogP contribution >= 0.6 is 67.8 Å². The summed E-state index contributed by atoms with van der Waals surface area (Å²) in [5, 5.41) is 8.80. The molecule has 0 amide bonds. The molecule has 1 aromatic rings. The fraction of sp³-hybridized carbons (Fsp3) is 0. The van der Waals surface area contributed by atoms with Gasteiger partial charge in [-0.1, -0.05) is 0 Å². The smallest absolute Gasteiger partial charge is 0.336 e. The van der Waals surface area contributed by atoms with Crippen molar-refractivity contribution in [1.29, 1.82) is 0 Å². The molecule has 0 saturated carbocycles. The fourth-order valence-electron chi connectivity index (χ4n) is 0.712. The molecule has 0 heterocycles. The molecule has 0 aliphatic heterocycles. The monoisotopic (exact) mass is 523 g/mol. The first-order valence-electron chi connectivity index (χ1n) is 2.90. The van der Waals surface area contributed by atoms with Gasteiger partial charge in [0.25, 0.3) is 0 Å². The van der Waals surface area contributed by atoms with Crippen molar-refractivity contribution < 1.29 is 9.90 Å². The van der Waals surface area contributed by atoms with Crippen molar-refractivity contribution in [3.8, 4) is 0 Å². The zero-order valence-electron chi connectivity index (χ0n) is 6.64. The Bertz CT molecular complexity index is 341. The third-order valence-corrected chi connectivity index (χ3v) is 4.89. The number of carboxylic acids is 1. The van der Waals surface area contributed by atoms with E-state index in [1.165, 1.54) is 0 Å². The Morgan fingerprint density at radius 1 is 1.23 bits per heavy atom. The van der Waals surface area contributed by atoms with Crippen LogP contribution in [-0.4, -0.2) is 40.6 Å². The van der Waals surface area contributed by atoms with Crippen molar-refractivity contribution >= 4 is 103 Å². The molecule has 2 nitrogen and oxygen atoms in total. The largest absolute Gasteiger partial charge is 0.478 e. The van der Waals surface area contributed by atoms with E-state index in [4.69, 9.17) is 5.11 Å². The van der Waals surface area contributed by atoms with Crippen LogP contribution in [0, 0.1) is 10.7 Å². The summed E-state index contributed by atoms with van der Waals surface area (Å²) in [5.74, 6) is -0.865. The van der Waals surface area contributed by atoms with E-state index >= 15 is 0 Å². The minimum absolute atomic E-state index is 0. The average molecular weight is 523 g/mol. The minimum Gasteiger partial charge on any atom is -0.478 e. The Hall–Kier alpha value is 1.88. The second-order valence-electron chi connectivity index (χ2n) is 2.05. The molecule has 0 atom stereocenters. The van der Waals surface area contributed by atoms with Crippen molar-refractivity contribution in [2.24, 2.45) is 0 Å². The Labute approximate surface area is 139 Å². The number of carbonyl (C=O) groups is 1. The van der Waals surface area contributed by atoms with Crippen LogP contribution in [0.1, 0.15) is 10.4 Å². The van der Waals surface area contributed by atoms with Gasteiger partial charge < -0.3 is 5.11 Å². The van der Waals surface area contributed by atoms with Crippen LogP contribution in [0.25, 0.3) is 0 Å². The Morgan fingerprint density at radius 3 is 2.23 bits per heavy atom. The van der Waals surface area contributed by atoms with E-state index in [-0.39, 0.29) is 29.6 Å². The van der Waals surface area contributed by atoms with Crippen molar-refractivity contribution in [1.82, 2.24) is 0 Å². The van der Waals surface area contributed by atoms with Crippen molar-refractivity contribution in [2.75, 3.05) is 0 Å². The van der Waals surface area contributed by atoms with Gasteiger partial charge in [-0.2, -0.15) is 0 Å². The number of benzene rings is 1. The van der Waals surface area contributed by atoms with Gasteiger partial charge in [0.15, 0.2) is 0 Å². The second-order valence-corrected chi connectivity index (χ2v) is 5.54. The van der Waals surface area contributed by atoms with Gasteiger partial charge in [-0.3, -0.25) is 0 Å². The third-order valence-electron chi connectivity index (χ3n) is 1.22. The normalized spacial score (nSPS) is 9.15. The Kier molecular flexibility index (Phi) is 7.39. The van der Waals surface area contributed by atoms with Crippen LogP contribution in [0.5, 0.6) is 0 Å². The van der Waals surface area contributed by atoms with Gasteiger partial charge in [0, 0.05) is 40.3 Å². The van der Waals surface area contributed by atoms with Gasteiger partial charge in [0.1, 0.15) is 0 Å². The number of hydrogen-bond acceptors (Lipinski definition) is 1. The minimum atomic E-state index is -0.865. The van der Waals surface area contributed by atoms with Gasteiger partial charge >= 0.3 is 5.97 Å². The molecule has 1 rings (SSSR count). The van der Waals surface area contributed by atoms with Crippen molar-refractivity contribution in [2.45, 2.75) is 0 Å². The second kappa shape index (κ2) is 6.46. The van der Waals surface area contributed by atoms with E-state index in [1.807, 2.05) is 28.7 Å². The van der Waals surface area contributed by atoms with Crippen LogP contribution in [0.15, 0.2) is 12.1 Å². The predicted octanol–water partition coefficient (Wildman–Crippen LogP) is 2.82. The molecule has 1 radical (unpaired) electrons. The molecular weight excluding hydrogens is 520 g/mol. The summed E-state index contributed by atoms with van der Waals surface area (Å²) in [7, 11) is 0. The van der Waals surface area contributed by atoms with E-state index in [1.54, 1.807) is 6.07 Å². The summed E-state index contributed by atoms with van der Waals surface area (Å²) >= 11 is 6.29. The molecule has 6 heteroatoms. The maximum atomic E-state index is 10.7. The number of carboxylic acid groups (broad SMARTS) is 1. The molecule has 0 bridgehead atoms. The Morgan fingerprint density at radius 2 is 1.77 bits per heavy atom. The Balaban J connectivity index is 0.00000144. The van der Waals surface area contributed by atoms with Crippen molar-refractivity contribution in [3.63, 3.8) is 0 Å². The topological polar surface area (TPSA) is 37.3 Å². The zero-order chi connectivity index (χ0) is 9.30. The maximum Gasteiger partial charge on any atom is 0.336 e. The molecule has 0 aromatic heterocycles. The number of halogens is 3. The first-order chi connectivity index (χ1) is 5.52. The third kappa shape index (κ3) is 4.09. The molecule has 0 unspecified atom stereocenters. The molecule has 0 spiro atoms. The summed E-state index contributed by atoms with van der Waals surface area (Å²) in [6.45, 7) is 0. The summed E-state index contributed by atoms with van der Waals surface area (Å²) < 4.78 is 2.74. The zero-order valence-corrected chi connectivity index (χ0v) is 15.1. The van der Waals surface area contributed by atoms with Crippen LogP contribution < -0.4 is 0 Å². The summed E-state index contributed by atoms with van der Waals surface area (Å²) in [6, 6.07) is 3.63. The van der Waals surface area contributed by atoms with E-state index in [0.717, 1.165) is 10.7 Å². The van der Waals surface area contributed by atoms with Crippen molar-refractivity contribution in [3.05, 3.63) is 28.4 Å². The van der Waals surface area contributed by atoms with Gasteiger partial charge in [0.05, 0.1) is 5.56 Å². The van der Waals surface area contributed by atoms with Crippen LogP contribution in [0.2, 0.25) is 0 Å². The molecule has 65 valence electrons. The molecule has 0 aliphatic rings. The SMILES string of the molecule is O=C(O)c1cc(I)cc(I)c1I.[Na]. The van der Waals surface area contributed by atoms with E-state index in [0.29, 0.717) is 5.56 Å². The van der Waals surface area contributed by atoms with E-state index < -0.39 is 5.97 Å². The molecule has 0 saturated heterocycles. The molecule has 0 fully saturated rings. The quantitative estimate of drug-likeness (QED) is 0.350. The first kappa shape index (κ1) is 14.9. The van der Waals surface area contributed by atoms with Crippen LogP contribution in [0.4, 0.5) is 0 Å². The van der Waals surface area contributed by atoms with Gasteiger partial charge in [-0.15, -0.1) is 0 Å². The van der Waals surface area contributed by atoms with Gasteiger partial charge in [-0.05, 0) is 79.9 Å². The number of rotatable bonds is 1. The molecular formula is C7H3I3NaO2. The van der Waals surface area contributed by atoms with E-state index in [2.05, 4.69) is 45.2 Å². The van der Waals surface area contributed by atoms with Crippen LogP contribution in [0.3, 0.4) is 0 Å². The van der Waals surface area contributed by atoms with E-state index in [9.17, 15) is 4.79 Å². The molecule has 13 heavy (non-hydrogen) atoms. The van der Waals surface area contributed by atoms with Gasteiger partial charge in [0.2, 0.25) is 0 Å². The molecule has 1 aromatic carbocycles. The summed E-state index contributed by atoms with van der Waals surface area (Å²) in [6.07, 6.45) is 0. The summed E-state index contributed by atoms with van der Waals surface area (Å²) in [4.78, 5) is 10.7. The standard InChI is InChI=1S/C7H3I3O2.Na/c8-3-1-4(7(11)12)6(10)5(9)2-3;/h1-2H,(H,11,12);. The summed E-state index contributed by atoms with van der Waals surface area (Å²) in [5.41, 5.74) is 0.381. The number of hydrogen-bond donors (Lipinski definition) is 1. The number of aromatic carboxylic acids is 1. The van der Waals surface area contributed by atoms with Gasteiger partial charge in [-0.25, -0.2) is 4.79 Å². The maximum absolute atomic E-state index is 10.7. The fourth-order valence-corrected chi connectivity index (χ4v) is 3.10. The molecule has 0 aliphatic carbocycles. The predicted molar refractivity (Wildman–Crippen MR) is 77.3 cm³/mol. The average Bonchev–Trinajstić information content (AvgIpc) is 1.96. The first-order valence-corrected chi connectivity index (χ1v) is 6.14.